The minimum Gasteiger partial charge on any atom is -0.329 e. The Hall–Kier alpha value is -0.860. The maximum atomic E-state index is 6.07. The quantitative estimate of drug-likeness (QED) is 0.902. The number of hydrogen-bond acceptors (Lipinski definition) is 2. The summed E-state index contributed by atoms with van der Waals surface area (Å²) in [7, 11) is 0. The second-order valence-corrected chi connectivity index (χ2v) is 6.82. The highest BCUT2D eigenvalue weighted by atomic mass is 15.2. The molecular formula is C17H28N2. The molecule has 2 nitrogen and oxygen atoms in total. The first-order valence-corrected chi connectivity index (χ1v) is 7.48. The van der Waals surface area contributed by atoms with Gasteiger partial charge in [0.2, 0.25) is 0 Å². The van der Waals surface area contributed by atoms with E-state index in [0.717, 1.165) is 0 Å². The van der Waals surface area contributed by atoms with Crippen LogP contribution in [0.5, 0.6) is 0 Å². The van der Waals surface area contributed by atoms with Crippen molar-refractivity contribution < 1.29 is 0 Å². The van der Waals surface area contributed by atoms with Gasteiger partial charge in [0.15, 0.2) is 0 Å². The molecule has 1 fully saturated rings. The lowest BCUT2D eigenvalue weighted by Crippen LogP contribution is -2.32. The summed E-state index contributed by atoms with van der Waals surface area (Å²) in [6.07, 6.45) is 2.63. The van der Waals surface area contributed by atoms with Crippen LogP contribution in [0.25, 0.3) is 0 Å². The number of nitrogens with two attached hydrogens (primary N) is 1. The highest BCUT2D eigenvalue weighted by Crippen LogP contribution is 2.31. The summed E-state index contributed by atoms with van der Waals surface area (Å²) < 4.78 is 0. The lowest BCUT2D eigenvalue weighted by molar-refractivity contribution is 0.250. The van der Waals surface area contributed by atoms with Gasteiger partial charge in [0.25, 0.3) is 0 Å². The van der Waals surface area contributed by atoms with Crippen molar-refractivity contribution in [3.8, 4) is 0 Å². The molecule has 1 unspecified atom stereocenters. The monoisotopic (exact) mass is 260 g/mol. The summed E-state index contributed by atoms with van der Waals surface area (Å²) in [5, 5.41) is 0. The first-order valence-electron chi connectivity index (χ1n) is 7.48. The Bertz CT molecular complexity index is 425. The number of aryl methyl sites for hydroxylation is 1. The van der Waals surface area contributed by atoms with Gasteiger partial charge in [-0.3, -0.25) is 4.90 Å². The lowest BCUT2D eigenvalue weighted by Gasteiger charge is -2.30. The molecular weight excluding hydrogens is 232 g/mol. The van der Waals surface area contributed by atoms with Gasteiger partial charge in [-0.05, 0) is 55.0 Å². The van der Waals surface area contributed by atoms with Crippen molar-refractivity contribution in [3.05, 3.63) is 34.9 Å². The molecule has 106 valence electrons. The maximum absolute atomic E-state index is 6.07. The fourth-order valence-corrected chi connectivity index (χ4v) is 2.99. The van der Waals surface area contributed by atoms with Gasteiger partial charge < -0.3 is 5.73 Å². The molecule has 0 saturated carbocycles. The fourth-order valence-electron chi connectivity index (χ4n) is 2.99. The van der Waals surface area contributed by atoms with Crippen molar-refractivity contribution in [3.63, 3.8) is 0 Å². The Balaban J connectivity index is 2.35. The van der Waals surface area contributed by atoms with E-state index >= 15 is 0 Å². The van der Waals surface area contributed by atoms with E-state index in [4.69, 9.17) is 5.73 Å². The van der Waals surface area contributed by atoms with Gasteiger partial charge in [-0.2, -0.15) is 0 Å². The van der Waals surface area contributed by atoms with Crippen LogP contribution in [0.4, 0.5) is 0 Å². The maximum Gasteiger partial charge on any atom is 0.0473 e. The highest BCUT2D eigenvalue weighted by molar-refractivity contribution is 5.36. The van der Waals surface area contributed by atoms with Crippen LogP contribution in [0.2, 0.25) is 0 Å². The molecule has 0 aromatic heterocycles. The van der Waals surface area contributed by atoms with E-state index in [2.05, 4.69) is 50.8 Å². The molecule has 2 heteroatoms. The molecule has 0 aliphatic carbocycles. The summed E-state index contributed by atoms with van der Waals surface area (Å²) in [4.78, 5) is 2.55. The zero-order valence-electron chi connectivity index (χ0n) is 12.9. The molecule has 1 atom stereocenters. The van der Waals surface area contributed by atoms with Gasteiger partial charge >= 0.3 is 0 Å². The predicted octanol–water partition coefficient (Wildman–Crippen LogP) is 3.39. The van der Waals surface area contributed by atoms with Crippen LogP contribution in [0.1, 0.15) is 56.3 Å². The molecule has 0 bridgehead atoms. The van der Waals surface area contributed by atoms with Gasteiger partial charge in [0.05, 0.1) is 0 Å². The fraction of sp³-hybridized carbons (Fsp3) is 0.647. The zero-order chi connectivity index (χ0) is 14.0. The van der Waals surface area contributed by atoms with Crippen LogP contribution >= 0.6 is 0 Å². The molecule has 2 N–H and O–H groups in total. The van der Waals surface area contributed by atoms with Crippen LogP contribution in [0.3, 0.4) is 0 Å². The Labute approximate surface area is 118 Å². The van der Waals surface area contributed by atoms with Crippen molar-refractivity contribution in [1.82, 2.24) is 4.90 Å². The second kappa shape index (κ2) is 5.64. The smallest absolute Gasteiger partial charge is 0.0473 e. The molecule has 0 amide bonds. The summed E-state index contributed by atoms with van der Waals surface area (Å²) in [5.74, 6) is 0. The summed E-state index contributed by atoms with van der Waals surface area (Å²) in [6, 6.07) is 7.29. The molecule has 1 aromatic carbocycles. The van der Waals surface area contributed by atoms with Crippen LogP contribution < -0.4 is 5.73 Å². The predicted molar refractivity (Wildman–Crippen MR) is 82.5 cm³/mol. The number of likely N-dealkylation sites (tertiary alicyclic amines) is 1. The minimum absolute atomic E-state index is 0.201. The zero-order valence-corrected chi connectivity index (χ0v) is 12.9. The first-order chi connectivity index (χ1) is 8.93. The Morgan fingerprint density at radius 3 is 2.37 bits per heavy atom. The van der Waals surface area contributed by atoms with E-state index in [1.807, 2.05) is 0 Å². The normalized spacial score (nSPS) is 18.8. The molecule has 2 rings (SSSR count). The molecule has 0 radical (unpaired) electrons. The Morgan fingerprint density at radius 2 is 1.84 bits per heavy atom. The molecule has 1 aliphatic rings. The topological polar surface area (TPSA) is 29.3 Å². The van der Waals surface area contributed by atoms with Crippen LogP contribution in [0.15, 0.2) is 18.2 Å². The minimum atomic E-state index is 0.201. The summed E-state index contributed by atoms with van der Waals surface area (Å²) >= 11 is 0. The number of nitrogens with zero attached hydrogens (tertiary/aromatic N) is 1. The summed E-state index contributed by atoms with van der Waals surface area (Å²) in [6.45, 7) is 12.1. The van der Waals surface area contributed by atoms with Crippen LogP contribution in [-0.4, -0.2) is 24.5 Å². The third kappa shape index (κ3) is 3.18. The summed E-state index contributed by atoms with van der Waals surface area (Å²) in [5.41, 5.74) is 10.5. The Morgan fingerprint density at radius 1 is 1.21 bits per heavy atom. The second-order valence-electron chi connectivity index (χ2n) is 6.82. The number of rotatable bonds is 3. The Kier molecular flexibility index (Phi) is 4.32. The molecule has 1 aliphatic heterocycles. The van der Waals surface area contributed by atoms with Gasteiger partial charge in [0, 0.05) is 12.6 Å². The molecule has 1 heterocycles. The van der Waals surface area contributed by atoms with Crippen LogP contribution in [0, 0.1) is 6.92 Å². The van der Waals surface area contributed by atoms with E-state index in [1.54, 1.807) is 0 Å². The molecule has 1 saturated heterocycles. The van der Waals surface area contributed by atoms with E-state index < -0.39 is 0 Å². The van der Waals surface area contributed by atoms with Crippen LogP contribution in [-0.2, 0) is 5.41 Å². The van der Waals surface area contributed by atoms with Gasteiger partial charge in [-0.25, -0.2) is 0 Å². The first kappa shape index (κ1) is 14.5. The van der Waals surface area contributed by atoms with E-state index in [0.29, 0.717) is 12.6 Å². The highest BCUT2D eigenvalue weighted by Gasteiger charge is 2.24. The molecule has 19 heavy (non-hydrogen) atoms. The largest absolute Gasteiger partial charge is 0.329 e. The average molecular weight is 260 g/mol. The molecule has 1 aromatic rings. The van der Waals surface area contributed by atoms with E-state index in [9.17, 15) is 0 Å². The van der Waals surface area contributed by atoms with Crippen molar-refractivity contribution in [1.29, 1.82) is 0 Å². The van der Waals surface area contributed by atoms with Crippen molar-refractivity contribution in [2.45, 2.75) is 52.0 Å². The average Bonchev–Trinajstić information content (AvgIpc) is 2.84. The third-order valence-corrected chi connectivity index (χ3v) is 4.31. The van der Waals surface area contributed by atoms with Gasteiger partial charge in [-0.15, -0.1) is 0 Å². The lowest BCUT2D eigenvalue weighted by atomic mass is 9.84. The SMILES string of the molecule is Cc1ccc(C(C)(C)C)cc1C(CN)N1CCCC1. The number of benzene rings is 1. The van der Waals surface area contributed by atoms with Gasteiger partial charge in [-0.1, -0.05) is 39.0 Å². The molecule has 0 spiro atoms. The van der Waals surface area contributed by atoms with Gasteiger partial charge in [0.1, 0.15) is 0 Å². The third-order valence-electron chi connectivity index (χ3n) is 4.31. The van der Waals surface area contributed by atoms with E-state index in [-0.39, 0.29) is 5.41 Å². The van der Waals surface area contributed by atoms with E-state index in [1.165, 1.54) is 42.6 Å². The number of hydrogen-bond donors (Lipinski definition) is 1. The van der Waals surface area contributed by atoms with Crippen molar-refractivity contribution in [2.75, 3.05) is 19.6 Å². The van der Waals surface area contributed by atoms with Crippen molar-refractivity contribution in [2.24, 2.45) is 5.73 Å². The van der Waals surface area contributed by atoms with Crippen molar-refractivity contribution >= 4 is 0 Å². The standard InChI is InChI=1S/C17H28N2/c1-13-7-8-14(17(2,3)4)11-15(13)16(12-18)19-9-5-6-10-19/h7-8,11,16H,5-6,9-10,12,18H2,1-4H3.